The van der Waals surface area contributed by atoms with Gasteiger partial charge in [0.2, 0.25) is 18.3 Å². The van der Waals surface area contributed by atoms with Crippen molar-refractivity contribution in [2.75, 3.05) is 41.8 Å². The second-order valence-electron chi connectivity index (χ2n) is 7.39. The minimum Gasteiger partial charge on any atom is -0.493 e. The molecule has 5 rings (SSSR count). The zero-order chi connectivity index (χ0) is 21.7. The SMILES string of the molecule is COc1cc2c(c(OC)c1OC)-c1c(cc3c(c1OC)OCO3)C[C@@H]1COC(=O)/C1=C/2. The molecule has 2 aromatic carbocycles. The Morgan fingerprint density at radius 2 is 1.65 bits per heavy atom. The van der Waals surface area contributed by atoms with E-state index in [0.29, 0.717) is 53.1 Å². The highest BCUT2D eigenvalue weighted by atomic mass is 16.7. The van der Waals surface area contributed by atoms with Crippen LogP contribution in [0.1, 0.15) is 11.1 Å². The zero-order valence-electron chi connectivity index (χ0n) is 17.7. The zero-order valence-corrected chi connectivity index (χ0v) is 17.7. The van der Waals surface area contributed by atoms with Gasteiger partial charge in [-0.3, -0.25) is 0 Å². The quantitative estimate of drug-likeness (QED) is 0.690. The summed E-state index contributed by atoms with van der Waals surface area (Å²) in [5.41, 5.74) is 3.79. The molecule has 0 aromatic heterocycles. The van der Waals surface area contributed by atoms with Crippen LogP contribution in [0.2, 0.25) is 0 Å². The Balaban J connectivity index is 1.93. The Hall–Kier alpha value is -3.55. The number of ether oxygens (including phenoxy) is 7. The molecule has 8 nitrogen and oxygen atoms in total. The van der Waals surface area contributed by atoms with Gasteiger partial charge in [-0.05, 0) is 35.8 Å². The van der Waals surface area contributed by atoms with E-state index < -0.39 is 0 Å². The van der Waals surface area contributed by atoms with Crippen LogP contribution in [-0.2, 0) is 16.0 Å². The average molecular weight is 426 g/mol. The van der Waals surface area contributed by atoms with E-state index in [-0.39, 0.29) is 18.7 Å². The molecular formula is C23H22O8. The molecule has 2 aromatic rings. The summed E-state index contributed by atoms with van der Waals surface area (Å²) >= 11 is 0. The lowest BCUT2D eigenvalue weighted by Crippen LogP contribution is -2.12. The predicted molar refractivity (Wildman–Crippen MR) is 110 cm³/mol. The summed E-state index contributed by atoms with van der Waals surface area (Å²) in [6.45, 7) is 0.430. The van der Waals surface area contributed by atoms with Crippen LogP contribution in [0.25, 0.3) is 17.2 Å². The molecule has 31 heavy (non-hydrogen) atoms. The van der Waals surface area contributed by atoms with Crippen LogP contribution in [-0.4, -0.2) is 47.8 Å². The Bertz CT molecular complexity index is 1120. The summed E-state index contributed by atoms with van der Waals surface area (Å²) in [6, 6.07) is 3.76. The van der Waals surface area contributed by atoms with Gasteiger partial charge in [0.1, 0.15) is 0 Å². The standard InChI is InChI=1S/C23H22O8/c1-25-15-7-12-6-14-13(9-29-23(14)24)5-11-8-16-20(31-10-30-16)22(28-4)17(11)18(12)21(27-3)19(15)26-2/h6-8,13H,5,9-10H2,1-4H3/b14-6+/t13-/m1/s1. The minimum absolute atomic E-state index is 0.0939. The van der Waals surface area contributed by atoms with Gasteiger partial charge in [-0.15, -0.1) is 0 Å². The molecule has 1 aliphatic carbocycles. The van der Waals surface area contributed by atoms with Crippen LogP contribution in [0.3, 0.4) is 0 Å². The number of carbonyl (C=O) groups excluding carboxylic acids is 1. The average Bonchev–Trinajstić information content (AvgIpc) is 3.37. The molecule has 162 valence electrons. The summed E-state index contributed by atoms with van der Waals surface area (Å²) < 4.78 is 39.5. The van der Waals surface area contributed by atoms with Gasteiger partial charge in [0.25, 0.3) is 0 Å². The maximum absolute atomic E-state index is 12.5. The van der Waals surface area contributed by atoms with Gasteiger partial charge in [-0.25, -0.2) is 4.79 Å². The second kappa shape index (κ2) is 7.30. The molecule has 3 aliphatic rings. The first-order valence-electron chi connectivity index (χ1n) is 9.82. The van der Waals surface area contributed by atoms with Crippen molar-refractivity contribution < 1.29 is 38.0 Å². The van der Waals surface area contributed by atoms with Crippen LogP contribution in [0, 0.1) is 5.92 Å². The summed E-state index contributed by atoms with van der Waals surface area (Å²) in [5, 5.41) is 0. The minimum atomic E-state index is -0.319. The highest BCUT2D eigenvalue weighted by Gasteiger charge is 2.37. The molecule has 2 heterocycles. The molecule has 0 bridgehead atoms. The lowest BCUT2D eigenvalue weighted by Gasteiger charge is -2.25. The summed E-state index contributed by atoms with van der Waals surface area (Å²) in [6.07, 6.45) is 2.41. The molecule has 8 heteroatoms. The molecule has 0 radical (unpaired) electrons. The predicted octanol–water partition coefficient (Wildman–Crippen LogP) is 3.23. The Kier molecular flexibility index (Phi) is 4.57. The first kappa shape index (κ1) is 19.4. The van der Waals surface area contributed by atoms with E-state index in [4.69, 9.17) is 33.2 Å². The van der Waals surface area contributed by atoms with Gasteiger partial charge in [0, 0.05) is 22.6 Å². The van der Waals surface area contributed by atoms with Crippen LogP contribution in [0.15, 0.2) is 17.7 Å². The van der Waals surface area contributed by atoms with Crippen molar-refractivity contribution in [2.24, 2.45) is 5.92 Å². The van der Waals surface area contributed by atoms with Crippen molar-refractivity contribution >= 4 is 12.0 Å². The molecule has 1 saturated heterocycles. The summed E-state index contributed by atoms with van der Waals surface area (Å²) in [4.78, 5) is 12.5. The van der Waals surface area contributed by atoms with Crippen molar-refractivity contribution in [3.63, 3.8) is 0 Å². The lowest BCUT2D eigenvalue weighted by atomic mass is 9.82. The number of rotatable bonds is 4. The van der Waals surface area contributed by atoms with Crippen LogP contribution < -0.4 is 28.4 Å². The highest BCUT2D eigenvalue weighted by molar-refractivity contribution is 6.00. The number of esters is 1. The maximum Gasteiger partial charge on any atom is 0.334 e. The maximum atomic E-state index is 12.5. The van der Waals surface area contributed by atoms with Crippen molar-refractivity contribution in [2.45, 2.75) is 6.42 Å². The number of carbonyl (C=O) groups is 1. The topological polar surface area (TPSA) is 81.7 Å². The normalized spacial score (nSPS) is 19.7. The van der Waals surface area contributed by atoms with Gasteiger partial charge in [-0.2, -0.15) is 0 Å². The fourth-order valence-corrected chi connectivity index (χ4v) is 4.53. The van der Waals surface area contributed by atoms with Crippen molar-refractivity contribution in [1.82, 2.24) is 0 Å². The van der Waals surface area contributed by atoms with Gasteiger partial charge >= 0.3 is 5.97 Å². The van der Waals surface area contributed by atoms with Gasteiger partial charge in [0.15, 0.2) is 23.0 Å². The van der Waals surface area contributed by atoms with E-state index in [2.05, 4.69) is 0 Å². The highest BCUT2D eigenvalue weighted by Crippen LogP contribution is 2.56. The number of hydrogen-bond donors (Lipinski definition) is 0. The second-order valence-corrected chi connectivity index (χ2v) is 7.39. The van der Waals surface area contributed by atoms with E-state index >= 15 is 0 Å². The third kappa shape index (κ3) is 2.78. The molecule has 1 atom stereocenters. The van der Waals surface area contributed by atoms with Gasteiger partial charge in [0.05, 0.1) is 35.0 Å². The number of fused-ring (bicyclic) bond motifs is 5. The largest absolute Gasteiger partial charge is 0.493 e. The Morgan fingerprint density at radius 3 is 2.35 bits per heavy atom. The fraction of sp³-hybridized carbons (Fsp3) is 0.348. The number of methoxy groups -OCH3 is 4. The Labute approximate surface area is 179 Å². The molecule has 1 fully saturated rings. The molecule has 0 unspecified atom stereocenters. The fourth-order valence-electron chi connectivity index (χ4n) is 4.53. The Morgan fingerprint density at radius 1 is 0.871 bits per heavy atom. The smallest absolute Gasteiger partial charge is 0.334 e. The van der Waals surface area contributed by atoms with E-state index in [1.807, 2.05) is 18.2 Å². The third-order valence-electron chi connectivity index (χ3n) is 5.88. The first-order chi connectivity index (χ1) is 15.1. The molecule has 0 amide bonds. The van der Waals surface area contributed by atoms with E-state index in [1.54, 1.807) is 28.4 Å². The van der Waals surface area contributed by atoms with Crippen LogP contribution >= 0.6 is 0 Å². The van der Waals surface area contributed by atoms with E-state index in [0.717, 1.165) is 22.3 Å². The van der Waals surface area contributed by atoms with E-state index in [9.17, 15) is 4.79 Å². The summed E-state index contributed by atoms with van der Waals surface area (Å²) in [7, 11) is 6.26. The monoisotopic (exact) mass is 426 g/mol. The number of cyclic esters (lactones) is 1. The first-order valence-corrected chi connectivity index (χ1v) is 9.82. The number of hydrogen-bond acceptors (Lipinski definition) is 8. The van der Waals surface area contributed by atoms with Crippen LogP contribution in [0.4, 0.5) is 0 Å². The summed E-state index contributed by atoms with van der Waals surface area (Å²) in [5.74, 6) is 2.67. The van der Waals surface area contributed by atoms with E-state index in [1.165, 1.54) is 0 Å². The molecule has 2 aliphatic heterocycles. The molecule has 0 saturated carbocycles. The number of benzene rings is 2. The molecule has 0 spiro atoms. The molecular weight excluding hydrogens is 404 g/mol. The lowest BCUT2D eigenvalue weighted by molar-refractivity contribution is -0.135. The third-order valence-corrected chi connectivity index (χ3v) is 5.88. The van der Waals surface area contributed by atoms with Crippen molar-refractivity contribution in [3.05, 3.63) is 28.8 Å². The van der Waals surface area contributed by atoms with Crippen LogP contribution in [0.5, 0.6) is 34.5 Å². The van der Waals surface area contributed by atoms with Crippen molar-refractivity contribution in [1.29, 1.82) is 0 Å². The van der Waals surface area contributed by atoms with Gasteiger partial charge in [-0.1, -0.05) is 0 Å². The van der Waals surface area contributed by atoms with Gasteiger partial charge < -0.3 is 33.2 Å². The van der Waals surface area contributed by atoms with Crippen molar-refractivity contribution in [3.8, 4) is 45.6 Å². The molecule has 0 N–H and O–H groups in total.